The highest BCUT2D eigenvalue weighted by Gasteiger charge is 2.42. The zero-order valence-corrected chi connectivity index (χ0v) is 20.5. The largest absolute Gasteiger partial charge is 0.475 e. The number of hydrogen-bond donors (Lipinski definition) is 2. The van der Waals surface area contributed by atoms with E-state index in [9.17, 15) is 22.4 Å². The molecule has 2 amide bonds. The zero-order chi connectivity index (χ0) is 26.6. The van der Waals surface area contributed by atoms with Crippen LogP contribution in [0.1, 0.15) is 18.4 Å². The second-order valence-corrected chi connectivity index (χ2v) is 9.13. The van der Waals surface area contributed by atoms with E-state index in [0.29, 0.717) is 48.8 Å². The molecule has 0 spiro atoms. The maximum atomic E-state index is 14.9. The van der Waals surface area contributed by atoms with Crippen molar-refractivity contribution in [1.82, 2.24) is 9.88 Å². The SMILES string of the molecule is Cc1cc(F)c(NC(=O)N2CCC[C@@H](C(F)(F)F)C2)cc1-c1cc(OCCO)nc(N2CCOCC2)c1. The Hall–Kier alpha value is -3.12. The third-order valence-electron chi connectivity index (χ3n) is 6.50. The molecule has 1 aromatic heterocycles. The molecule has 2 saturated heterocycles. The van der Waals surface area contributed by atoms with Crippen LogP contribution in [-0.2, 0) is 4.74 Å². The van der Waals surface area contributed by atoms with Gasteiger partial charge >= 0.3 is 12.2 Å². The lowest BCUT2D eigenvalue weighted by molar-refractivity contribution is -0.183. The van der Waals surface area contributed by atoms with Crippen molar-refractivity contribution >= 4 is 17.5 Å². The minimum Gasteiger partial charge on any atom is -0.475 e. The van der Waals surface area contributed by atoms with E-state index in [1.165, 1.54) is 12.1 Å². The molecule has 0 unspecified atom stereocenters. The number of nitrogens with one attached hydrogen (secondary N) is 1. The molecule has 3 heterocycles. The first kappa shape index (κ1) is 26.9. The van der Waals surface area contributed by atoms with Gasteiger partial charge in [0.05, 0.1) is 31.4 Å². The van der Waals surface area contributed by atoms with E-state index >= 15 is 0 Å². The number of benzene rings is 1. The summed E-state index contributed by atoms with van der Waals surface area (Å²) in [6.45, 7) is 3.57. The smallest absolute Gasteiger partial charge is 0.393 e. The normalized spacial score (nSPS) is 18.6. The number of morpholine rings is 1. The van der Waals surface area contributed by atoms with Gasteiger partial charge in [0.2, 0.25) is 5.88 Å². The average molecular weight is 527 g/mol. The molecule has 0 radical (unpaired) electrons. The number of alkyl halides is 3. The van der Waals surface area contributed by atoms with Gasteiger partial charge in [-0.15, -0.1) is 0 Å². The number of carbonyl (C=O) groups is 1. The number of pyridine rings is 1. The summed E-state index contributed by atoms with van der Waals surface area (Å²) in [5.41, 5.74) is 1.68. The van der Waals surface area contributed by atoms with Gasteiger partial charge in [0.25, 0.3) is 0 Å². The van der Waals surface area contributed by atoms with Crippen molar-refractivity contribution < 1.29 is 36.9 Å². The number of aryl methyl sites for hydroxylation is 1. The van der Waals surface area contributed by atoms with Crippen LogP contribution in [0.3, 0.4) is 0 Å². The lowest BCUT2D eigenvalue weighted by atomic mass is 9.98. The lowest BCUT2D eigenvalue weighted by Crippen LogP contribution is -2.46. The topological polar surface area (TPSA) is 87.2 Å². The summed E-state index contributed by atoms with van der Waals surface area (Å²) in [4.78, 5) is 20.4. The number of aliphatic hydroxyl groups is 1. The third kappa shape index (κ3) is 6.61. The molecule has 8 nitrogen and oxygen atoms in total. The van der Waals surface area contributed by atoms with E-state index in [0.717, 1.165) is 4.90 Å². The number of aromatic nitrogens is 1. The Bertz CT molecular complexity index is 1110. The van der Waals surface area contributed by atoms with Gasteiger partial charge in [-0.05, 0) is 54.7 Å². The molecule has 0 bridgehead atoms. The van der Waals surface area contributed by atoms with E-state index in [1.54, 1.807) is 13.0 Å². The molecule has 4 rings (SSSR count). The number of hydrogen-bond acceptors (Lipinski definition) is 6. The highest BCUT2D eigenvalue weighted by atomic mass is 19.4. The highest BCUT2D eigenvalue weighted by molar-refractivity contribution is 5.91. The summed E-state index contributed by atoms with van der Waals surface area (Å²) in [5.74, 6) is -1.40. The molecular weight excluding hydrogens is 496 g/mol. The average Bonchev–Trinajstić information content (AvgIpc) is 2.89. The Morgan fingerprint density at radius 2 is 1.97 bits per heavy atom. The maximum absolute atomic E-state index is 14.9. The van der Waals surface area contributed by atoms with Crippen molar-refractivity contribution in [1.29, 1.82) is 0 Å². The Kier molecular flexibility index (Phi) is 8.38. The minimum absolute atomic E-state index is 0.0372. The first-order valence-electron chi connectivity index (χ1n) is 12.2. The number of likely N-dealkylation sites (tertiary alicyclic amines) is 1. The van der Waals surface area contributed by atoms with Crippen LogP contribution in [0.15, 0.2) is 24.3 Å². The van der Waals surface area contributed by atoms with Gasteiger partial charge in [0.15, 0.2) is 0 Å². The number of aliphatic hydroxyl groups excluding tert-OH is 1. The van der Waals surface area contributed by atoms with Crippen LogP contribution < -0.4 is 15.0 Å². The quantitative estimate of drug-likeness (QED) is 0.549. The number of halogens is 4. The molecule has 2 N–H and O–H groups in total. The highest BCUT2D eigenvalue weighted by Crippen LogP contribution is 2.35. The van der Waals surface area contributed by atoms with Crippen molar-refractivity contribution in [2.75, 3.05) is 62.8 Å². The van der Waals surface area contributed by atoms with E-state index in [1.807, 2.05) is 11.0 Å². The van der Waals surface area contributed by atoms with Crippen LogP contribution in [0.25, 0.3) is 11.1 Å². The van der Waals surface area contributed by atoms with Crippen LogP contribution in [0.2, 0.25) is 0 Å². The summed E-state index contributed by atoms with van der Waals surface area (Å²) in [6, 6.07) is 5.43. The number of nitrogens with zero attached hydrogens (tertiary/aromatic N) is 3. The minimum atomic E-state index is -4.39. The monoisotopic (exact) mass is 526 g/mol. The standard InChI is InChI=1S/C25H30F4N4O4/c1-16-11-20(26)21(30-24(35)33-4-2-3-18(15-33)25(27,28)29)14-19(16)17-12-22(32-5-8-36-9-6-32)31-23(13-17)37-10-7-34/h11-14,18,34H,2-10,15H2,1H3,(H,30,35)/t18-/m1/s1. The van der Waals surface area contributed by atoms with E-state index in [2.05, 4.69) is 10.3 Å². The Morgan fingerprint density at radius 3 is 2.68 bits per heavy atom. The summed E-state index contributed by atoms with van der Waals surface area (Å²) in [5, 5.41) is 11.6. The number of ether oxygens (including phenoxy) is 2. The number of carbonyl (C=O) groups excluding carboxylic acids is 1. The fourth-order valence-electron chi connectivity index (χ4n) is 4.53. The first-order valence-corrected chi connectivity index (χ1v) is 12.2. The molecule has 0 aliphatic carbocycles. The number of anilines is 2. The molecule has 0 saturated carbocycles. The van der Waals surface area contributed by atoms with Crippen molar-refractivity contribution in [2.24, 2.45) is 5.92 Å². The number of piperidine rings is 1. The number of amides is 2. The van der Waals surface area contributed by atoms with Crippen LogP contribution in [-0.4, -0.2) is 79.8 Å². The fraction of sp³-hybridized carbons (Fsp3) is 0.520. The molecule has 12 heteroatoms. The maximum Gasteiger partial charge on any atom is 0.393 e. The van der Waals surface area contributed by atoms with Gasteiger partial charge in [0.1, 0.15) is 18.2 Å². The second-order valence-electron chi connectivity index (χ2n) is 9.13. The molecule has 1 aromatic carbocycles. The fourth-order valence-corrected chi connectivity index (χ4v) is 4.53. The summed E-state index contributed by atoms with van der Waals surface area (Å²) >= 11 is 0. The zero-order valence-electron chi connectivity index (χ0n) is 20.5. The summed E-state index contributed by atoms with van der Waals surface area (Å²) in [7, 11) is 0. The van der Waals surface area contributed by atoms with Gasteiger partial charge in [-0.1, -0.05) is 0 Å². The lowest BCUT2D eigenvalue weighted by Gasteiger charge is -2.33. The molecule has 2 fully saturated rings. The van der Waals surface area contributed by atoms with Crippen LogP contribution in [0, 0.1) is 18.7 Å². The van der Waals surface area contributed by atoms with Crippen LogP contribution in [0.5, 0.6) is 5.88 Å². The first-order chi connectivity index (χ1) is 17.7. The molecular formula is C25H30F4N4O4. The Labute approximate surface area is 212 Å². The molecule has 2 aromatic rings. The van der Waals surface area contributed by atoms with Gasteiger partial charge in [-0.25, -0.2) is 9.18 Å². The van der Waals surface area contributed by atoms with Crippen molar-refractivity contribution in [3.63, 3.8) is 0 Å². The van der Waals surface area contributed by atoms with Crippen molar-refractivity contribution in [3.8, 4) is 17.0 Å². The molecule has 37 heavy (non-hydrogen) atoms. The predicted octanol–water partition coefficient (Wildman–Crippen LogP) is 4.21. The van der Waals surface area contributed by atoms with Crippen molar-refractivity contribution in [3.05, 3.63) is 35.6 Å². The van der Waals surface area contributed by atoms with E-state index in [-0.39, 0.29) is 44.2 Å². The molecule has 202 valence electrons. The third-order valence-corrected chi connectivity index (χ3v) is 6.50. The van der Waals surface area contributed by atoms with Crippen LogP contribution in [0.4, 0.5) is 33.9 Å². The van der Waals surface area contributed by atoms with Gasteiger partial charge < -0.3 is 29.7 Å². The molecule has 2 aliphatic heterocycles. The summed E-state index contributed by atoms with van der Waals surface area (Å²) < 4.78 is 65.3. The van der Waals surface area contributed by atoms with Crippen molar-refractivity contribution in [2.45, 2.75) is 25.9 Å². The predicted molar refractivity (Wildman–Crippen MR) is 129 cm³/mol. The van der Waals surface area contributed by atoms with Gasteiger partial charge in [-0.3, -0.25) is 0 Å². The molecule has 2 aliphatic rings. The number of rotatable bonds is 6. The Balaban J connectivity index is 1.62. The number of urea groups is 1. The molecule has 1 atom stereocenters. The second kappa shape index (κ2) is 11.5. The van der Waals surface area contributed by atoms with Crippen LogP contribution >= 0.6 is 0 Å². The summed E-state index contributed by atoms with van der Waals surface area (Å²) in [6.07, 6.45) is -4.21. The van der Waals surface area contributed by atoms with E-state index in [4.69, 9.17) is 14.6 Å². The van der Waals surface area contributed by atoms with E-state index < -0.39 is 30.5 Å². The van der Waals surface area contributed by atoms with Gasteiger partial charge in [0, 0.05) is 32.2 Å². The van der Waals surface area contributed by atoms with Gasteiger partial charge in [-0.2, -0.15) is 18.2 Å². The Morgan fingerprint density at radius 1 is 1.22 bits per heavy atom.